The molecule has 1 aromatic heterocycles. The van der Waals surface area contributed by atoms with Crippen molar-refractivity contribution in [3.05, 3.63) is 24.2 Å². The maximum absolute atomic E-state index is 5.62. The number of aliphatic imine (C=N–C) groups is 1. The highest BCUT2D eigenvalue weighted by molar-refractivity contribution is 5.79. The summed E-state index contributed by atoms with van der Waals surface area (Å²) in [5.74, 6) is 1.76. The number of ether oxygens (including phenoxy) is 2. The van der Waals surface area contributed by atoms with Gasteiger partial charge in [-0.1, -0.05) is 13.8 Å². The van der Waals surface area contributed by atoms with Crippen molar-refractivity contribution in [2.45, 2.75) is 26.3 Å². The van der Waals surface area contributed by atoms with Gasteiger partial charge in [0.1, 0.15) is 5.76 Å². The van der Waals surface area contributed by atoms with Crippen LogP contribution in [0.5, 0.6) is 0 Å². The van der Waals surface area contributed by atoms with E-state index in [9.17, 15) is 0 Å². The number of furan rings is 1. The van der Waals surface area contributed by atoms with Crippen molar-refractivity contribution in [1.29, 1.82) is 0 Å². The molecular weight excluding hydrogens is 320 g/mol. The smallest absolute Gasteiger partial charge is 0.191 e. The van der Waals surface area contributed by atoms with Crippen molar-refractivity contribution in [1.82, 2.24) is 15.5 Å². The van der Waals surface area contributed by atoms with E-state index in [2.05, 4.69) is 34.4 Å². The van der Waals surface area contributed by atoms with Crippen molar-refractivity contribution < 1.29 is 13.9 Å². The zero-order valence-electron chi connectivity index (χ0n) is 16.1. The molecule has 1 rings (SSSR count). The minimum atomic E-state index is 0.181. The molecule has 0 amide bonds. The van der Waals surface area contributed by atoms with E-state index >= 15 is 0 Å². The summed E-state index contributed by atoms with van der Waals surface area (Å²) in [5, 5.41) is 6.71. The second kappa shape index (κ2) is 13.7. The molecule has 1 heterocycles. The molecule has 0 radical (unpaired) electrons. The number of hydrogen-bond acceptors (Lipinski definition) is 5. The normalized spacial score (nSPS) is 13.2. The fourth-order valence-corrected chi connectivity index (χ4v) is 2.59. The number of nitrogens with one attached hydrogen (secondary N) is 2. The molecule has 0 saturated heterocycles. The van der Waals surface area contributed by atoms with Crippen LogP contribution in [0.25, 0.3) is 0 Å². The molecule has 1 atom stereocenters. The summed E-state index contributed by atoms with van der Waals surface area (Å²) in [7, 11) is 3.46. The minimum Gasteiger partial charge on any atom is -0.468 e. The molecule has 25 heavy (non-hydrogen) atoms. The maximum Gasteiger partial charge on any atom is 0.191 e. The number of nitrogens with zero attached hydrogens (tertiary/aromatic N) is 2. The first-order valence-electron chi connectivity index (χ1n) is 9.05. The van der Waals surface area contributed by atoms with Crippen LogP contribution in [0.1, 0.15) is 32.1 Å². The molecular formula is C18H34N4O3. The molecule has 0 aliphatic rings. The molecule has 0 aliphatic carbocycles. The second-order valence-corrected chi connectivity index (χ2v) is 5.59. The number of hydrogen-bond donors (Lipinski definition) is 2. The van der Waals surface area contributed by atoms with Crippen LogP contribution in [0.2, 0.25) is 0 Å². The van der Waals surface area contributed by atoms with Crippen LogP contribution >= 0.6 is 0 Å². The van der Waals surface area contributed by atoms with Crippen LogP contribution in [0, 0.1) is 0 Å². The van der Waals surface area contributed by atoms with Gasteiger partial charge in [-0.15, -0.1) is 0 Å². The minimum absolute atomic E-state index is 0.181. The van der Waals surface area contributed by atoms with Crippen LogP contribution in [0.3, 0.4) is 0 Å². The van der Waals surface area contributed by atoms with E-state index in [1.165, 1.54) is 0 Å². The molecule has 0 spiro atoms. The van der Waals surface area contributed by atoms with Gasteiger partial charge in [0.25, 0.3) is 0 Å². The monoisotopic (exact) mass is 354 g/mol. The van der Waals surface area contributed by atoms with Gasteiger partial charge in [0.05, 0.1) is 25.5 Å². The highest BCUT2D eigenvalue weighted by atomic mass is 16.5. The Morgan fingerprint density at radius 3 is 2.64 bits per heavy atom. The number of rotatable bonds is 13. The Morgan fingerprint density at radius 1 is 1.24 bits per heavy atom. The van der Waals surface area contributed by atoms with Crippen LogP contribution in [0.15, 0.2) is 27.8 Å². The van der Waals surface area contributed by atoms with Gasteiger partial charge < -0.3 is 24.5 Å². The molecule has 0 aliphatic heterocycles. The van der Waals surface area contributed by atoms with Crippen molar-refractivity contribution in [3.63, 3.8) is 0 Å². The highest BCUT2D eigenvalue weighted by Crippen LogP contribution is 2.20. The largest absolute Gasteiger partial charge is 0.468 e. The standard InChI is InChI=1S/C18H34N4O3/c1-5-22(6-2)16(17-9-7-12-25-17)15-21-18(19-3)20-10-8-11-24-14-13-23-4/h7,9,12,16H,5-6,8,10-11,13-15H2,1-4H3,(H2,19,20,21). The lowest BCUT2D eigenvalue weighted by atomic mass is 10.2. The number of methoxy groups -OCH3 is 1. The molecule has 7 heteroatoms. The lowest BCUT2D eigenvalue weighted by molar-refractivity contribution is 0.0698. The zero-order valence-corrected chi connectivity index (χ0v) is 16.1. The lowest BCUT2D eigenvalue weighted by Gasteiger charge is -2.28. The van der Waals surface area contributed by atoms with Gasteiger partial charge in [-0.2, -0.15) is 0 Å². The van der Waals surface area contributed by atoms with Gasteiger partial charge in [0, 0.05) is 33.9 Å². The van der Waals surface area contributed by atoms with E-state index in [4.69, 9.17) is 13.9 Å². The maximum atomic E-state index is 5.62. The van der Waals surface area contributed by atoms with Gasteiger partial charge in [-0.25, -0.2) is 0 Å². The van der Waals surface area contributed by atoms with E-state index in [1.54, 1.807) is 20.4 Å². The number of likely N-dealkylation sites (N-methyl/N-ethyl adjacent to an activating group) is 1. The molecule has 0 saturated carbocycles. The zero-order chi connectivity index (χ0) is 18.3. The molecule has 1 aromatic rings. The van der Waals surface area contributed by atoms with Crippen molar-refractivity contribution in [2.75, 3.05) is 60.2 Å². The summed E-state index contributed by atoms with van der Waals surface area (Å²) in [6.45, 7) is 9.79. The fourth-order valence-electron chi connectivity index (χ4n) is 2.59. The molecule has 0 bridgehead atoms. The van der Waals surface area contributed by atoms with Crippen LogP contribution < -0.4 is 10.6 Å². The second-order valence-electron chi connectivity index (χ2n) is 5.59. The predicted octanol–water partition coefficient (Wildman–Crippen LogP) is 1.88. The highest BCUT2D eigenvalue weighted by Gasteiger charge is 2.20. The van der Waals surface area contributed by atoms with Gasteiger partial charge in [-0.05, 0) is 31.6 Å². The van der Waals surface area contributed by atoms with Gasteiger partial charge in [0.15, 0.2) is 5.96 Å². The Balaban J connectivity index is 2.37. The third-order valence-corrected chi connectivity index (χ3v) is 4.00. The summed E-state index contributed by atoms with van der Waals surface area (Å²) in [6.07, 6.45) is 2.64. The fraction of sp³-hybridized carbons (Fsp3) is 0.722. The first-order chi connectivity index (χ1) is 12.3. The first kappa shape index (κ1) is 21.5. The average Bonchev–Trinajstić information content (AvgIpc) is 3.16. The Morgan fingerprint density at radius 2 is 2.04 bits per heavy atom. The SMILES string of the molecule is CCN(CC)C(CNC(=NC)NCCCOCCOC)c1ccco1. The Labute approximate surface area is 151 Å². The average molecular weight is 354 g/mol. The molecule has 0 aromatic carbocycles. The summed E-state index contributed by atoms with van der Waals surface area (Å²) in [6, 6.07) is 4.14. The summed E-state index contributed by atoms with van der Waals surface area (Å²) < 4.78 is 16.0. The van der Waals surface area contributed by atoms with E-state index in [-0.39, 0.29) is 6.04 Å². The predicted molar refractivity (Wildman–Crippen MR) is 101 cm³/mol. The summed E-state index contributed by atoms with van der Waals surface area (Å²) >= 11 is 0. The van der Waals surface area contributed by atoms with Crippen LogP contribution in [0.4, 0.5) is 0 Å². The Kier molecular flexibility index (Phi) is 11.8. The van der Waals surface area contributed by atoms with Gasteiger partial charge in [-0.3, -0.25) is 9.89 Å². The number of guanidine groups is 1. The Bertz CT molecular complexity index is 447. The third kappa shape index (κ3) is 8.38. The van der Waals surface area contributed by atoms with Crippen molar-refractivity contribution in [3.8, 4) is 0 Å². The molecule has 7 nitrogen and oxygen atoms in total. The van der Waals surface area contributed by atoms with Crippen LogP contribution in [-0.4, -0.2) is 71.0 Å². The lowest BCUT2D eigenvalue weighted by Crippen LogP contribution is -2.43. The van der Waals surface area contributed by atoms with Crippen LogP contribution in [-0.2, 0) is 9.47 Å². The molecule has 1 unspecified atom stereocenters. The van der Waals surface area contributed by atoms with E-state index in [0.29, 0.717) is 19.8 Å². The summed E-state index contributed by atoms with van der Waals surface area (Å²) in [4.78, 5) is 6.65. The molecule has 144 valence electrons. The Hall–Kier alpha value is -1.57. The molecule has 0 fully saturated rings. The van der Waals surface area contributed by atoms with E-state index in [1.807, 2.05) is 12.1 Å². The first-order valence-corrected chi connectivity index (χ1v) is 9.05. The summed E-state index contributed by atoms with van der Waals surface area (Å²) in [5.41, 5.74) is 0. The quantitative estimate of drug-likeness (QED) is 0.320. The van der Waals surface area contributed by atoms with E-state index in [0.717, 1.165) is 44.3 Å². The van der Waals surface area contributed by atoms with Crippen molar-refractivity contribution in [2.24, 2.45) is 4.99 Å². The van der Waals surface area contributed by atoms with Gasteiger partial charge >= 0.3 is 0 Å². The van der Waals surface area contributed by atoms with Crippen molar-refractivity contribution >= 4 is 5.96 Å². The third-order valence-electron chi connectivity index (χ3n) is 4.00. The van der Waals surface area contributed by atoms with E-state index < -0.39 is 0 Å². The van der Waals surface area contributed by atoms with Gasteiger partial charge in [0.2, 0.25) is 0 Å². The molecule has 2 N–H and O–H groups in total. The topological polar surface area (TPSA) is 71.3 Å².